The summed E-state index contributed by atoms with van der Waals surface area (Å²) < 4.78 is 0. The summed E-state index contributed by atoms with van der Waals surface area (Å²) in [4.78, 5) is 15.0. The highest BCUT2D eigenvalue weighted by Gasteiger charge is 2.42. The third-order valence-corrected chi connectivity index (χ3v) is 4.57. The van der Waals surface area contributed by atoms with E-state index in [1.54, 1.807) is 0 Å². The molecule has 0 bridgehead atoms. The Kier molecular flexibility index (Phi) is 3.68. The van der Waals surface area contributed by atoms with Crippen LogP contribution in [-0.2, 0) is 4.79 Å². The van der Waals surface area contributed by atoms with Crippen LogP contribution in [0.2, 0.25) is 0 Å². The van der Waals surface area contributed by atoms with Crippen LogP contribution in [0.5, 0.6) is 0 Å². The van der Waals surface area contributed by atoms with Gasteiger partial charge in [-0.1, -0.05) is 13.8 Å². The van der Waals surface area contributed by atoms with Gasteiger partial charge >= 0.3 is 0 Å². The van der Waals surface area contributed by atoms with E-state index in [1.165, 1.54) is 25.7 Å². The Bertz CT molecular complexity index is 247. The number of hydrogen-bond donors (Lipinski definition) is 0. The predicted octanol–water partition coefficient (Wildman–Crippen LogP) is 3.01. The third-order valence-electron chi connectivity index (χ3n) is 4.57. The first-order valence-corrected chi connectivity index (χ1v) is 7.01. The Morgan fingerprint density at radius 3 is 2.19 bits per heavy atom. The summed E-state index contributed by atoms with van der Waals surface area (Å²) in [6.07, 6.45) is 7.96. The molecule has 1 heterocycles. The minimum Gasteiger partial charge on any atom is -0.298 e. The first-order valence-electron chi connectivity index (χ1n) is 7.01. The van der Waals surface area contributed by atoms with E-state index in [0.29, 0.717) is 5.78 Å². The van der Waals surface area contributed by atoms with Crippen molar-refractivity contribution in [2.24, 2.45) is 5.92 Å². The van der Waals surface area contributed by atoms with Crippen LogP contribution < -0.4 is 0 Å². The summed E-state index contributed by atoms with van der Waals surface area (Å²) in [5.41, 5.74) is -0.112. The van der Waals surface area contributed by atoms with Crippen LogP contribution in [0.15, 0.2) is 0 Å². The molecule has 92 valence electrons. The molecule has 0 amide bonds. The maximum absolute atomic E-state index is 12.5. The van der Waals surface area contributed by atoms with Gasteiger partial charge in [0.25, 0.3) is 0 Å². The predicted molar refractivity (Wildman–Crippen MR) is 66.5 cm³/mol. The first kappa shape index (κ1) is 12.1. The molecule has 0 radical (unpaired) electrons. The van der Waals surface area contributed by atoms with E-state index in [-0.39, 0.29) is 5.54 Å². The second kappa shape index (κ2) is 4.87. The van der Waals surface area contributed by atoms with Gasteiger partial charge in [0.05, 0.1) is 5.54 Å². The van der Waals surface area contributed by atoms with Crippen LogP contribution in [-0.4, -0.2) is 29.3 Å². The molecule has 1 aliphatic carbocycles. The van der Waals surface area contributed by atoms with Gasteiger partial charge in [-0.25, -0.2) is 0 Å². The van der Waals surface area contributed by atoms with Gasteiger partial charge in [0.2, 0.25) is 0 Å². The lowest BCUT2D eigenvalue weighted by atomic mass is 9.83. The molecule has 0 aromatic rings. The third kappa shape index (κ3) is 2.17. The van der Waals surface area contributed by atoms with E-state index in [2.05, 4.69) is 18.7 Å². The number of nitrogens with zero attached hydrogens (tertiary/aromatic N) is 1. The zero-order valence-electron chi connectivity index (χ0n) is 10.8. The quantitative estimate of drug-likeness (QED) is 0.690. The number of hydrogen-bond acceptors (Lipinski definition) is 2. The molecule has 1 saturated carbocycles. The lowest BCUT2D eigenvalue weighted by Crippen LogP contribution is -2.52. The van der Waals surface area contributed by atoms with E-state index in [4.69, 9.17) is 0 Å². The van der Waals surface area contributed by atoms with Crippen molar-refractivity contribution in [2.45, 2.75) is 64.3 Å². The van der Waals surface area contributed by atoms with Gasteiger partial charge in [0, 0.05) is 6.42 Å². The van der Waals surface area contributed by atoms with E-state index in [0.717, 1.165) is 38.3 Å². The summed E-state index contributed by atoms with van der Waals surface area (Å²) >= 11 is 0. The maximum Gasteiger partial charge on any atom is 0.153 e. The van der Waals surface area contributed by atoms with Crippen molar-refractivity contribution in [3.63, 3.8) is 0 Å². The number of ketones is 1. The molecule has 0 aromatic heterocycles. The zero-order chi connectivity index (χ0) is 11.6. The van der Waals surface area contributed by atoms with Gasteiger partial charge in [-0.15, -0.1) is 0 Å². The minimum absolute atomic E-state index is 0.112. The van der Waals surface area contributed by atoms with Crippen molar-refractivity contribution in [3.05, 3.63) is 0 Å². The Morgan fingerprint density at radius 1 is 1.19 bits per heavy atom. The fourth-order valence-corrected chi connectivity index (χ4v) is 3.19. The number of Topliss-reactive ketones (excluding diaryl/α,β-unsaturated/α-hetero) is 1. The lowest BCUT2D eigenvalue weighted by molar-refractivity contribution is -0.131. The van der Waals surface area contributed by atoms with Crippen LogP contribution in [0.25, 0.3) is 0 Å². The molecule has 2 heteroatoms. The van der Waals surface area contributed by atoms with Crippen molar-refractivity contribution < 1.29 is 4.79 Å². The van der Waals surface area contributed by atoms with Crippen LogP contribution in [0, 0.1) is 5.92 Å². The van der Waals surface area contributed by atoms with Crippen LogP contribution in [0.1, 0.15) is 58.8 Å². The van der Waals surface area contributed by atoms with Gasteiger partial charge in [-0.05, 0) is 57.5 Å². The molecule has 1 saturated heterocycles. The van der Waals surface area contributed by atoms with Crippen molar-refractivity contribution in [1.82, 2.24) is 4.90 Å². The average Bonchev–Trinajstić information content (AvgIpc) is 2.94. The van der Waals surface area contributed by atoms with Gasteiger partial charge in [0.1, 0.15) is 0 Å². The number of carbonyl (C=O) groups is 1. The highest BCUT2D eigenvalue weighted by Crippen LogP contribution is 2.37. The van der Waals surface area contributed by atoms with Crippen LogP contribution in [0.3, 0.4) is 0 Å². The number of likely N-dealkylation sites (tertiary alicyclic amines) is 1. The van der Waals surface area contributed by atoms with Crippen LogP contribution >= 0.6 is 0 Å². The molecule has 2 fully saturated rings. The number of rotatable bonds is 6. The molecule has 0 atom stereocenters. The van der Waals surface area contributed by atoms with Gasteiger partial charge in [0.15, 0.2) is 5.78 Å². The normalized spacial score (nSPS) is 22.6. The second-order valence-corrected chi connectivity index (χ2v) is 5.50. The Hall–Kier alpha value is -0.370. The highest BCUT2D eigenvalue weighted by molar-refractivity contribution is 5.88. The average molecular weight is 223 g/mol. The van der Waals surface area contributed by atoms with Gasteiger partial charge in [-0.2, -0.15) is 0 Å². The summed E-state index contributed by atoms with van der Waals surface area (Å²) in [5, 5.41) is 0. The number of carbonyl (C=O) groups excluding carboxylic acids is 1. The minimum atomic E-state index is -0.112. The summed E-state index contributed by atoms with van der Waals surface area (Å²) in [6, 6.07) is 0. The summed E-state index contributed by atoms with van der Waals surface area (Å²) in [6.45, 7) is 6.65. The Labute approximate surface area is 99.4 Å². The summed E-state index contributed by atoms with van der Waals surface area (Å²) in [7, 11) is 0. The fourth-order valence-electron chi connectivity index (χ4n) is 3.19. The molecular formula is C14H25NO. The van der Waals surface area contributed by atoms with Crippen molar-refractivity contribution in [2.75, 3.05) is 13.1 Å². The van der Waals surface area contributed by atoms with Crippen molar-refractivity contribution in [1.29, 1.82) is 0 Å². The standard InChI is InChI=1S/C14H25NO/c1-3-14(4-2,15-9-5-6-10-15)13(16)11-12-7-8-12/h12H,3-11H2,1-2H3. The monoisotopic (exact) mass is 223 g/mol. The van der Waals surface area contributed by atoms with Gasteiger partial charge < -0.3 is 0 Å². The topological polar surface area (TPSA) is 20.3 Å². The highest BCUT2D eigenvalue weighted by atomic mass is 16.1. The summed E-state index contributed by atoms with van der Waals surface area (Å²) in [5.74, 6) is 1.26. The van der Waals surface area contributed by atoms with E-state index < -0.39 is 0 Å². The lowest BCUT2D eigenvalue weighted by Gasteiger charge is -2.39. The maximum atomic E-state index is 12.5. The molecule has 2 aliphatic rings. The van der Waals surface area contributed by atoms with E-state index >= 15 is 0 Å². The molecule has 0 aromatic carbocycles. The Morgan fingerprint density at radius 2 is 1.75 bits per heavy atom. The zero-order valence-corrected chi connectivity index (χ0v) is 10.8. The molecule has 16 heavy (non-hydrogen) atoms. The first-order chi connectivity index (χ1) is 7.73. The van der Waals surface area contributed by atoms with Gasteiger partial charge in [-0.3, -0.25) is 9.69 Å². The molecule has 0 spiro atoms. The van der Waals surface area contributed by atoms with Crippen LogP contribution in [0.4, 0.5) is 0 Å². The smallest absolute Gasteiger partial charge is 0.153 e. The Balaban J connectivity index is 2.07. The molecule has 0 N–H and O–H groups in total. The molecular weight excluding hydrogens is 198 g/mol. The molecule has 0 unspecified atom stereocenters. The van der Waals surface area contributed by atoms with Crippen molar-refractivity contribution in [3.8, 4) is 0 Å². The molecule has 1 aliphatic heterocycles. The van der Waals surface area contributed by atoms with E-state index in [1.807, 2.05) is 0 Å². The largest absolute Gasteiger partial charge is 0.298 e. The molecule has 2 rings (SSSR count). The van der Waals surface area contributed by atoms with Crippen molar-refractivity contribution >= 4 is 5.78 Å². The molecule has 2 nitrogen and oxygen atoms in total. The van der Waals surface area contributed by atoms with E-state index in [9.17, 15) is 4.79 Å². The SMILES string of the molecule is CCC(CC)(C(=O)CC1CC1)N1CCCC1. The second-order valence-electron chi connectivity index (χ2n) is 5.50. The fraction of sp³-hybridized carbons (Fsp3) is 0.929.